The Morgan fingerprint density at radius 1 is 0.343 bits per heavy atom. The van der Waals surface area contributed by atoms with E-state index in [-0.39, 0.29) is 18.9 Å². The Hall–Kier alpha value is -3.87. The van der Waals surface area contributed by atoms with Gasteiger partial charge in [-0.25, -0.2) is 0 Å². The number of amides is 1. The van der Waals surface area contributed by atoms with Crippen LogP contribution in [0, 0.1) is 0 Å². The van der Waals surface area contributed by atoms with Crippen molar-refractivity contribution in [2.45, 2.75) is 434 Å². The largest absolute Gasteiger partial charge is 0.394 e. The van der Waals surface area contributed by atoms with E-state index in [2.05, 4.69) is 141 Å². The van der Waals surface area contributed by atoms with E-state index in [1.807, 2.05) is 6.08 Å². The molecule has 0 aromatic rings. The summed E-state index contributed by atoms with van der Waals surface area (Å²) < 4.78 is 22.9. The van der Waals surface area contributed by atoms with Crippen LogP contribution in [0.1, 0.15) is 361 Å². The first-order valence-corrected chi connectivity index (χ1v) is 44.4. The van der Waals surface area contributed by atoms with Crippen LogP contribution < -0.4 is 5.32 Å². The topological polar surface area (TPSA) is 228 Å². The molecule has 14 nitrogen and oxygen atoms in total. The summed E-state index contributed by atoms with van der Waals surface area (Å²) in [5, 5.41) is 87.8. The first kappa shape index (κ1) is 100. The summed E-state index contributed by atoms with van der Waals surface area (Å²) >= 11 is 0. The van der Waals surface area contributed by atoms with Crippen LogP contribution in [-0.4, -0.2) is 140 Å². The minimum atomic E-state index is -1.80. The number of carbonyl (C=O) groups excluding carboxylic acids is 1. The van der Waals surface area contributed by atoms with E-state index in [1.54, 1.807) is 6.08 Å². The first-order chi connectivity index (χ1) is 53.1. The zero-order chi connectivity index (χ0) is 77.9. The lowest BCUT2D eigenvalue weighted by Crippen LogP contribution is -2.65. The fourth-order valence-corrected chi connectivity index (χ4v) is 13.9. The molecule has 0 aromatic carbocycles. The number of nitrogens with one attached hydrogen (secondary N) is 1. The molecule has 0 radical (unpaired) electrons. The molecule has 0 spiro atoms. The smallest absolute Gasteiger partial charge is 0.220 e. The maximum Gasteiger partial charge on any atom is 0.220 e. The third-order valence-corrected chi connectivity index (χ3v) is 20.8. The van der Waals surface area contributed by atoms with Crippen molar-refractivity contribution < 1.29 is 64.6 Å². The van der Waals surface area contributed by atoms with Crippen molar-refractivity contribution in [3.8, 4) is 0 Å². The SMILES string of the molecule is CC/C=C\C/C=C\C/C=C\C/C=C\C/C=C\C/C=C\C/C=C\C/C=C\C/C=C\CCCCCCCCCCCCCCCC(=O)NC(COC1OC(CO)C(OC2OC(CO)C(O)C(O)C2O)C(O)C1O)C(O)/C=C/CC/C=C/CCCCCCCCCCCCCCCCCCCCCCCCCCCCC. The van der Waals surface area contributed by atoms with Gasteiger partial charge in [0.1, 0.15) is 48.8 Å². The minimum absolute atomic E-state index is 0.251. The number of carbonyl (C=O) groups is 1. The van der Waals surface area contributed by atoms with E-state index in [0.717, 1.165) is 96.3 Å². The lowest BCUT2D eigenvalue weighted by atomic mass is 9.97. The van der Waals surface area contributed by atoms with E-state index < -0.39 is 86.8 Å². The number of ether oxygens (including phenoxy) is 4. The summed E-state index contributed by atoms with van der Waals surface area (Å²) in [5.74, 6) is -0.251. The second-order valence-electron chi connectivity index (χ2n) is 30.6. The van der Waals surface area contributed by atoms with Crippen LogP contribution in [0.2, 0.25) is 0 Å². The Bertz CT molecular complexity index is 2340. The van der Waals surface area contributed by atoms with Gasteiger partial charge in [0, 0.05) is 6.42 Å². The van der Waals surface area contributed by atoms with E-state index in [9.17, 15) is 45.6 Å². The summed E-state index contributed by atoms with van der Waals surface area (Å²) in [6.45, 7) is 2.71. The molecule has 0 saturated carbocycles. The number of allylic oxidation sites excluding steroid dienone is 21. The fourth-order valence-electron chi connectivity index (χ4n) is 13.9. The second kappa shape index (κ2) is 75.8. The van der Waals surface area contributed by atoms with Gasteiger partial charge in [-0.05, 0) is 103 Å². The molecule has 0 bridgehead atoms. The monoisotopic (exact) mass is 1510 g/mol. The molecule has 622 valence electrons. The van der Waals surface area contributed by atoms with Gasteiger partial charge >= 0.3 is 0 Å². The molecular weight excluding hydrogens is 1350 g/mol. The molecule has 9 N–H and O–H groups in total. The third kappa shape index (κ3) is 57.2. The van der Waals surface area contributed by atoms with Crippen molar-refractivity contribution in [3.05, 3.63) is 134 Å². The zero-order valence-corrected chi connectivity index (χ0v) is 68.6. The van der Waals surface area contributed by atoms with Crippen molar-refractivity contribution in [2.75, 3.05) is 19.8 Å². The maximum atomic E-state index is 13.4. The highest BCUT2D eigenvalue weighted by Gasteiger charge is 2.51. The number of hydrogen-bond donors (Lipinski definition) is 9. The first-order valence-electron chi connectivity index (χ1n) is 44.4. The standard InChI is InChI=1S/C94H163NO13/c1-3-5-7-9-11-13-15-17-19-21-23-25-27-29-31-33-35-37-38-39-40-41-42-43-44-46-48-50-52-54-56-58-60-62-64-66-68-70-72-74-76-78-86(99)95-82(81-105-93-91(104)89(102)92(85(80-97)107-93)108-94-90(103)88(101)87(100)84(79-96)106-94)83(98)77-75-73-71-69-67-65-63-61-59-57-55-53-51-49-47-45-36-34-32-30-28-26-24-22-20-18-16-14-12-10-8-6-4-2/h5,7,11,13,17,19,23,25,29,31,35,37,39-40,42-43,46,48,67,69,75,77,82-85,87-94,96-98,100-104H,3-4,6,8-10,12,14-16,18,20-22,24,26-28,30,32-34,36,38,41,44-45,47,49-66,68,70-74,76,78-81H2,1-2H3,(H,95,99)/b7-5-,13-11-,19-17-,25-23-,31-29-,37-35-,40-39-,43-42-,48-46-,69-67+,77-75+. The summed E-state index contributed by atoms with van der Waals surface area (Å²) in [7, 11) is 0. The average Bonchev–Trinajstić information content (AvgIpc) is 0.789. The Morgan fingerprint density at radius 2 is 0.648 bits per heavy atom. The number of aliphatic hydroxyl groups excluding tert-OH is 8. The second-order valence-corrected chi connectivity index (χ2v) is 30.6. The molecule has 2 saturated heterocycles. The van der Waals surface area contributed by atoms with E-state index >= 15 is 0 Å². The van der Waals surface area contributed by atoms with Crippen LogP contribution in [-0.2, 0) is 23.7 Å². The Morgan fingerprint density at radius 3 is 1.02 bits per heavy atom. The molecule has 2 aliphatic rings. The molecule has 0 aromatic heterocycles. The van der Waals surface area contributed by atoms with E-state index in [0.29, 0.717) is 12.8 Å². The molecule has 2 fully saturated rings. The van der Waals surface area contributed by atoms with Gasteiger partial charge in [-0.1, -0.05) is 385 Å². The quantitative estimate of drug-likeness (QED) is 0.0204. The van der Waals surface area contributed by atoms with Crippen LogP contribution in [0.25, 0.3) is 0 Å². The van der Waals surface area contributed by atoms with Gasteiger partial charge in [-0.15, -0.1) is 0 Å². The predicted molar refractivity (Wildman–Crippen MR) is 451 cm³/mol. The highest BCUT2D eigenvalue weighted by atomic mass is 16.7. The van der Waals surface area contributed by atoms with Gasteiger partial charge in [0.2, 0.25) is 5.91 Å². The molecule has 2 aliphatic heterocycles. The zero-order valence-electron chi connectivity index (χ0n) is 68.6. The van der Waals surface area contributed by atoms with Gasteiger partial charge in [0.05, 0.1) is 32.0 Å². The molecule has 108 heavy (non-hydrogen) atoms. The summed E-state index contributed by atoms with van der Waals surface area (Å²) in [6.07, 6.45) is 97.0. The normalized spacial score (nSPS) is 21.8. The van der Waals surface area contributed by atoms with E-state index in [1.165, 1.54) is 231 Å². The summed E-state index contributed by atoms with van der Waals surface area (Å²) in [6, 6.07) is -0.943. The molecule has 1 amide bonds. The van der Waals surface area contributed by atoms with Gasteiger partial charge < -0.3 is 65.1 Å². The molecule has 12 atom stereocenters. The lowest BCUT2D eigenvalue weighted by molar-refractivity contribution is -0.359. The molecule has 12 unspecified atom stereocenters. The molecule has 14 heteroatoms. The summed E-state index contributed by atoms with van der Waals surface area (Å²) in [5.41, 5.74) is 0. The Balaban J connectivity index is 1.60. The highest BCUT2D eigenvalue weighted by Crippen LogP contribution is 2.30. The van der Waals surface area contributed by atoms with Crippen LogP contribution in [0.5, 0.6) is 0 Å². The molecule has 2 rings (SSSR count). The molecular formula is C94H163NO13. The fraction of sp³-hybridized carbons (Fsp3) is 0.755. The summed E-state index contributed by atoms with van der Waals surface area (Å²) in [4.78, 5) is 13.4. The number of hydrogen-bond acceptors (Lipinski definition) is 13. The van der Waals surface area contributed by atoms with Crippen molar-refractivity contribution in [1.29, 1.82) is 0 Å². The average molecular weight is 1520 g/mol. The highest BCUT2D eigenvalue weighted by molar-refractivity contribution is 5.76. The molecule has 2 heterocycles. The van der Waals surface area contributed by atoms with Crippen LogP contribution in [0.4, 0.5) is 0 Å². The number of aliphatic hydroxyl groups is 8. The van der Waals surface area contributed by atoms with Crippen LogP contribution >= 0.6 is 0 Å². The van der Waals surface area contributed by atoms with E-state index in [4.69, 9.17) is 18.9 Å². The van der Waals surface area contributed by atoms with Gasteiger partial charge in [0.15, 0.2) is 12.6 Å². The predicted octanol–water partition coefficient (Wildman–Crippen LogP) is 21.7. The van der Waals surface area contributed by atoms with Crippen molar-refractivity contribution >= 4 is 5.91 Å². The van der Waals surface area contributed by atoms with Crippen molar-refractivity contribution in [3.63, 3.8) is 0 Å². The lowest BCUT2D eigenvalue weighted by Gasteiger charge is -2.46. The molecule has 0 aliphatic carbocycles. The van der Waals surface area contributed by atoms with Crippen molar-refractivity contribution in [1.82, 2.24) is 5.32 Å². The van der Waals surface area contributed by atoms with Gasteiger partial charge in [0.25, 0.3) is 0 Å². The number of unbranched alkanes of at least 4 members (excludes halogenated alkanes) is 41. The van der Waals surface area contributed by atoms with Gasteiger partial charge in [-0.2, -0.15) is 0 Å². The maximum absolute atomic E-state index is 13.4. The van der Waals surface area contributed by atoms with Crippen LogP contribution in [0.3, 0.4) is 0 Å². The van der Waals surface area contributed by atoms with Gasteiger partial charge in [-0.3, -0.25) is 4.79 Å². The third-order valence-electron chi connectivity index (χ3n) is 20.8. The number of rotatable bonds is 74. The Labute approximate surface area is 660 Å². The Kier molecular flexibility index (Phi) is 70.3. The van der Waals surface area contributed by atoms with Crippen molar-refractivity contribution in [2.24, 2.45) is 0 Å². The van der Waals surface area contributed by atoms with Crippen LogP contribution in [0.15, 0.2) is 134 Å². The minimum Gasteiger partial charge on any atom is -0.394 e.